The van der Waals surface area contributed by atoms with E-state index in [0.29, 0.717) is 34.3 Å². The van der Waals surface area contributed by atoms with E-state index in [2.05, 4.69) is 102 Å². The molecule has 0 aliphatic heterocycles. The molecule has 96 heavy (non-hydrogen) atoms. The zero-order valence-electron chi connectivity index (χ0n) is 59.9. The summed E-state index contributed by atoms with van der Waals surface area (Å²) in [5.74, 6) is 2.05. The summed E-state index contributed by atoms with van der Waals surface area (Å²) in [7, 11) is -1.60. The van der Waals surface area contributed by atoms with E-state index in [-0.39, 0.29) is 145 Å². The van der Waals surface area contributed by atoms with Gasteiger partial charge in [-0.3, -0.25) is 4.79 Å². The minimum Gasteiger partial charge on any atom is -1.00 e. The summed E-state index contributed by atoms with van der Waals surface area (Å²) in [5, 5.41) is 54.4. The van der Waals surface area contributed by atoms with Crippen molar-refractivity contribution >= 4 is 61.1 Å². The van der Waals surface area contributed by atoms with Crippen LogP contribution >= 0.6 is 27.0 Å². The number of unbranched alkanes of at least 4 members (excludes halogenated alkanes) is 6. The number of hydrogen-bond donors (Lipinski definition) is 5. The van der Waals surface area contributed by atoms with Crippen LogP contribution in [0.15, 0.2) is 206 Å². The molecular weight excluding hydrogens is 1390 g/mol. The van der Waals surface area contributed by atoms with Gasteiger partial charge in [0.2, 0.25) is 8.32 Å². The molecule has 0 atom stereocenters. The fourth-order valence-electron chi connectivity index (χ4n) is 7.00. The molecule has 0 bridgehead atoms. The minimum atomic E-state index is -1.78. The number of rotatable bonds is 19. The molecule has 0 amide bonds. The maximum absolute atomic E-state index is 12.4. The third-order valence-electron chi connectivity index (χ3n) is 14.4. The fourth-order valence-corrected chi connectivity index (χ4v) is 8.42. The number of carboxylic acid groups (broad SMARTS) is 1. The van der Waals surface area contributed by atoms with Gasteiger partial charge in [0.25, 0.3) is 6.47 Å². The molecule has 8 rings (SSSR count). The van der Waals surface area contributed by atoms with E-state index < -0.39 is 21.7 Å². The van der Waals surface area contributed by atoms with Crippen LogP contribution in [0.4, 0.5) is 0 Å². The average Bonchev–Trinajstić information content (AvgIpc) is 0.935. The van der Waals surface area contributed by atoms with E-state index in [9.17, 15) is 14.7 Å². The second-order valence-electron chi connectivity index (χ2n) is 24.2. The third-order valence-corrected chi connectivity index (χ3v) is 24.6. The predicted molar refractivity (Wildman–Crippen MR) is 391 cm³/mol. The van der Waals surface area contributed by atoms with Gasteiger partial charge in [-0.25, -0.2) is 9.59 Å². The second-order valence-corrected chi connectivity index (χ2v) is 37.0. The van der Waals surface area contributed by atoms with Gasteiger partial charge in [0.15, 0.2) is 7.38 Å². The number of phenols is 4. The molecule has 14 nitrogen and oxygen atoms in total. The Bertz CT molecular complexity index is 3300. The van der Waals surface area contributed by atoms with Crippen molar-refractivity contribution in [2.45, 2.75) is 143 Å². The molecule has 0 aromatic heterocycles. The number of methoxy groups -OCH3 is 1. The van der Waals surface area contributed by atoms with Gasteiger partial charge in [-0.05, 0) is 131 Å². The minimum absolute atomic E-state index is 0. The molecule has 0 radical (unpaired) electrons. The van der Waals surface area contributed by atoms with Crippen molar-refractivity contribution in [3.05, 3.63) is 217 Å². The molecule has 8 aromatic rings. The molecule has 0 aliphatic carbocycles. The molecule has 0 spiro atoms. The van der Waals surface area contributed by atoms with Crippen LogP contribution < -0.4 is 127 Å². The summed E-state index contributed by atoms with van der Waals surface area (Å²) in [6, 6.07) is 61.0. The normalized spacial score (nSPS) is 10.2. The summed E-state index contributed by atoms with van der Waals surface area (Å²) in [5.41, 5.74) is 5.14. The van der Waals surface area contributed by atoms with Crippen LogP contribution in [0.25, 0.3) is 22.3 Å². The van der Waals surface area contributed by atoms with Crippen LogP contribution in [-0.4, -0.2) is 78.7 Å². The Morgan fingerprint density at radius 2 is 0.885 bits per heavy atom. The van der Waals surface area contributed by atoms with E-state index >= 15 is 0 Å². The fraction of sp³-hybridized carbons (Fsp3) is 0.329. The molecule has 8 aromatic carbocycles. The Morgan fingerprint density at radius 1 is 0.510 bits per heavy atom. The number of phenolic OH excluding ortho intramolecular Hbond substituents is 4. The number of halogens is 2. The smallest absolute Gasteiger partial charge is 1.00 e. The number of aromatic carboxylic acids is 1. The van der Waals surface area contributed by atoms with Gasteiger partial charge in [0.05, 0.1) is 24.8 Å². The quantitative estimate of drug-likeness (QED) is 0.00585. The number of ether oxygens (including phenoxy) is 3. The number of aromatic hydroxyl groups is 4. The molecule has 20 heteroatoms. The van der Waals surface area contributed by atoms with Gasteiger partial charge < -0.3 is 55.7 Å². The summed E-state index contributed by atoms with van der Waals surface area (Å²) >= 11 is 9.53. The summed E-state index contributed by atoms with van der Waals surface area (Å²) in [6.45, 7) is 26.8. The zero-order valence-corrected chi connectivity index (χ0v) is 69.5. The maximum Gasteiger partial charge on any atom is 1.00 e. The summed E-state index contributed by atoms with van der Waals surface area (Å²) in [4.78, 5) is 34.3. The van der Waals surface area contributed by atoms with Gasteiger partial charge in [0, 0.05) is 29.6 Å². The molecule has 0 fully saturated rings. The van der Waals surface area contributed by atoms with Crippen LogP contribution in [0.5, 0.6) is 46.0 Å². The van der Waals surface area contributed by atoms with Gasteiger partial charge >= 0.3 is 115 Å². The number of esters is 1. The number of carbonyl (C=O) groups excluding carboxylic acids is 2. The Morgan fingerprint density at radius 3 is 1.25 bits per heavy atom. The molecule has 0 saturated heterocycles. The van der Waals surface area contributed by atoms with Crippen molar-refractivity contribution in [3.63, 3.8) is 0 Å². The molecular formula is C76H100BrClK2O14Si2. The Hall–Kier alpha value is -4.79. The van der Waals surface area contributed by atoms with Crippen molar-refractivity contribution in [3.8, 4) is 68.2 Å². The van der Waals surface area contributed by atoms with Crippen molar-refractivity contribution in [2.75, 3.05) is 19.0 Å². The molecule has 0 unspecified atom stereocenters. The van der Waals surface area contributed by atoms with Gasteiger partial charge in [-0.1, -0.05) is 232 Å². The molecule has 5 N–H and O–H groups in total. The number of benzene rings is 8. The SMILES string of the molecule is CC(C)(C)[Si](C)(C)Cl.CC(C)(C)[Si](C)(C)Oc1cccc(O)c1.CCCCCCBr.CCCCCCOc1cccc(OC(=O)c2ccc(-c3ccccc3)cc2)c1.COc1cccc(O)c1.O=C(O)c1ccc(-c2ccccc2)cc1.O=CO[O-].Oc1cccc(O)c1.[H-].[K+].[K+]. The molecule has 512 valence electrons. The van der Waals surface area contributed by atoms with E-state index in [1.54, 1.807) is 92.0 Å². The van der Waals surface area contributed by atoms with E-state index in [0.717, 1.165) is 40.2 Å². The van der Waals surface area contributed by atoms with Gasteiger partial charge in [-0.2, -0.15) is 11.1 Å². The van der Waals surface area contributed by atoms with Crippen LogP contribution in [-0.2, 0) is 9.68 Å². The van der Waals surface area contributed by atoms with Crippen LogP contribution in [0, 0.1) is 0 Å². The largest absolute Gasteiger partial charge is 1.00 e. The van der Waals surface area contributed by atoms with Crippen LogP contribution in [0.3, 0.4) is 0 Å². The van der Waals surface area contributed by atoms with E-state index in [4.69, 9.17) is 60.2 Å². The monoisotopic (exact) mass is 1480 g/mol. The first-order valence-corrected chi connectivity index (χ1v) is 39.2. The second kappa shape index (κ2) is 52.3. The summed E-state index contributed by atoms with van der Waals surface area (Å²) < 4.78 is 22.1. The molecule has 0 heterocycles. The number of alkyl halides is 1. The molecule has 0 saturated carbocycles. The first-order valence-electron chi connectivity index (χ1n) is 31.2. The van der Waals surface area contributed by atoms with E-state index in [1.165, 1.54) is 68.5 Å². The maximum atomic E-state index is 12.4. The Labute approximate surface area is 673 Å². The van der Waals surface area contributed by atoms with Gasteiger partial charge in [0.1, 0.15) is 46.0 Å². The van der Waals surface area contributed by atoms with Crippen LogP contribution in [0.1, 0.15) is 129 Å². The first-order chi connectivity index (χ1) is 44.4. The number of hydrogen-bond acceptors (Lipinski definition) is 13. The Kier molecular flexibility index (Phi) is 50.8. The standard InChI is InChI=1S/C25H26O3.C13H10O2.C12H20O2Si.C7H8O2.C6H13Br.C6H15ClSi.C6H6O2.CH2O3.2K.H/c1-2-3-4-8-18-27-23-12-9-13-24(19-23)28-25(26)22-16-14-21(15-17-22)20-10-6-5-7-11-20;14-13(15)12-8-6-11(7-9-12)10-4-2-1-3-5-10;1-12(2,3)15(4,5)14-11-8-6-7-10(13)9-11;1-9-7-4-2-3-6(8)5-7;1-2-3-4-5-6-7;1-6(2,3)8(4,5)7;7-5-2-1-3-6(8)4-5;2-1-4-3;;;/h5-7,9-17,19H,2-4,8,18H2,1H3;1-9H,(H,14,15);6-9,13H,1-5H3;2-5,8H,1H3;2-6H2,1H3;1-5H3;1-4,7-8H;1,3H;;;/q;;;;;;;;2*+1;-1/p-1. The number of carbonyl (C=O) groups is 3. The zero-order chi connectivity index (χ0) is 70.6. The van der Waals surface area contributed by atoms with Gasteiger partial charge in [-0.15, -0.1) is 0 Å². The third kappa shape index (κ3) is 42.2. The average molecular weight is 1490 g/mol. The predicted octanol–water partition coefficient (Wildman–Crippen LogP) is 14.6. The Balaban J connectivity index is -0.00000111. The first kappa shape index (κ1) is 93.3. The van der Waals surface area contributed by atoms with Crippen molar-refractivity contribution in [2.24, 2.45) is 0 Å². The number of carboxylic acids is 1. The topological polar surface area (TPSA) is 222 Å². The van der Waals surface area contributed by atoms with E-state index in [1.807, 2.05) is 103 Å². The molecule has 0 aliphatic rings. The van der Waals surface area contributed by atoms with Crippen LogP contribution in [0.2, 0.25) is 36.3 Å². The van der Waals surface area contributed by atoms with Crippen molar-refractivity contribution in [1.82, 2.24) is 0 Å². The van der Waals surface area contributed by atoms with Crippen molar-refractivity contribution < 1.29 is 173 Å². The van der Waals surface area contributed by atoms with Crippen molar-refractivity contribution in [1.29, 1.82) is 0 Å². The summed E-state index contributed by atoms with van der Waals surface area (Å²) in [6.07, 6.45) is 10.1.